The first-order chi connectivity index (χ1) is 13.1. The second-order valence-corrected chi connectivity index (χ2v) is 8.85. The number of hydrogen-bond donors (Lipinski definition) is 1. The van der Waals surface area contributed by atoms with Gasteiger partial charge in [0.2, 0.25) is 15.9 Å². The molecular formula is C21H28N2O4S. The third kappa shape index (κ3) is 5.73. The molecule has 1 amide bonds. The molecule has 0 spiro atoms. The number of nitrogens with one attached hydrogen (secondary N) is 1. The fraction of sp³-hybridized carbons (Fsp3) is 0.381. The number of sulfonamides is 1. The molecule has 6 nitrogen and oxygen atoms in total. The number of carbonyl (C=O) groups is 1. The summed E-state index contributed by atoms with van der Waals surface area (Å²) in [6.45, 7) is 7.44. The summed E-state index contributed by atoms with van der Waals surface area (Å²) in [5.41, 5.74) is 3.10. The average Bonchev–Trinajstić information content (AvgIpc) is 2.61. The molecule has 2 aromatic rings. The Morgan fingerprint density at radius 2 is 1.79 bits per heavy atom. The minimum Gasteiger partial charge on any atom is -0.491 e. The van der Waals surface area contributed by atoms with E-state index in [0.717, 1.165) is 33.8 Å². The summed E-state index contributed by atoms with van der Waals surface area (Å²) in [7, 11) is -3.64. The van der Waals surface area contributed by atoms with Crippen LogP contribution in [0.5, 0.6) is 5.75 Å². The van der Waals surface area contributed by atoms with E-state index < -0.39 is 15.9 Å². The molecule has 0 aliphatic carbocycles. The molecule has 0 bridgehead atoms. The maximum absolute atomic E-state index is 12.6. The van der Waals surface area contributed by atoms with E-state index in [1.807, 2.05) is 45.9 Å². The molecule has 0 atom stereocenters. The molecule has 0 aliphatic rings. The molecule has 0 aliphatic heterocycles. The summed E-state index contributed by atoms with van der Waals surface area (Å²) in [5.74, 6) is 0.251. The number of nitrogens with zero attached hydrogens (tertiary/aromatic N) is 1. The summed E-state index contributed by atoms with van der Waals surface area (Å²) < 4.78 is 31.2. The fourth-order valence-corrected chi connectivity index (χ4v) is 3.73. The van der Waals surface area contributed by atoms with Gasteiger partial charge in [-0.05, 0) is 62.6 Å². The predicted octanol–water partition coefficient (Wildman–Crippen LogP) is 3.75. The van der Waals surface area contributed by atoms with Crippen LogP contribution in [0.2, 0.25) is 0 Å². The number of aryl methyl sites for hydroxylation is 2. The van der Waals surface area contributed by atoms with E-state index >= 15 is 0 Å². The van der Waals surface area contributed by atoms with E-state index in [9.17, 15) is 13.2 Å². The first-order valence-electron chi connectivity index (χ1n) is 9.24. The fourth-order valence-electron chi connectivity index (χ4n) is 2.87. The minimum atomic E-state index is -3.64. The quantitative estimate of drug-likeness (QED) is 0.727. The largest absolute Gasteiger partial charge is 0.491 e. The predicted molar refractivity (Wildman–Crippen MR) is 114 cm³/mol. The summed E-state index contributed by atoms with van der Waals surface area (Å²) >= 11 is 0. The molecule has 28 heavy (non-hydrogen) atoms. The first kappa shape index (κ1) is 21.8. The van der Waals surface area contributed by atoms with Crippen molar-refractivity contribution in [3.63, 3.8) is 0 Å². The minimum absolute atomic E-state index is 0.0181. The van der Waals surface area contributed by atoms with Crippen molar-refractivity contribution in [3.05, 3.63) is 53.6 Å². The molecule has 0 saturated heterocycles. The molecule has 0 radical (unpaired) electrons. The monoisotopic (exact) mass is 404 g/mol. The summed E-state index contributed by atoms with van der Waals surface area (Å²) in [6.07, 6.45) is 1.87. The number of anilines is 2. The number of amides is 1. The van der Waals surface area contributed by atoms with Gasteiger partial charge in [0, 0.05) is 5.69 Å². The molecule has 0 saturated carbocycles. The molecule has 0 fully saturated rings. The normalized spacial score (nSPS) is 11.4. The van der Waals surface area contributed by atoms with E-state index in [1.165, 1.54) is 0 Å². The summed E-state index contributed by atoms with van der Waals surface area (Å²) in [4.78, 5) is 12.6. The molecule has 1 N–H and O–H groups in total. The zero-order valence-electron chi connectivity index (χ0n) is 17.0. The summed E-state index contributed by atoms with van der Waals surface area (Å²) in [6, 6.07) is 12.5. The Labute approximate surface area is 167 Å². The lowest BCUT2D eigenvalue weighted by Crippen LogP contribution is -2.37. The van der Waals surface area contributed by atoms with Crippen LogP contribution < -0.4 is 14.4 Å². The highest BCUT2D eigenvalue weighted by molar-refractivity contribution is 7.92. The van der Waals surface area contributed by atoms with Gasteiger partial charge in [-0.3, -0.25) is 9.10 Å². The van der Waals surface area contributed by atoms with Crippen LogP contribution in [0.15, 0.2) is 42.5 Å². The third-order valence-corrected chi connectivity index (χ3v) is 5.33. The molecule has 0 heterocycles. The third-order valence-electron chi connectivity index (χ3n) is 4.19. The van der Waals surface area contributed by atoms with E-state index in [1.54, 1.807) is 24.3 Å². The SMILES string of the molecule is CCc1cccc(C)c1NC(=O)CN(c1ccc(OC(C)C)cc1)S(C)(=O)=O. The number of benzene rings is 2. The van der Waals surface area contributed by atoms with Gasteiger partial charge in [-0.15, -0.1) is 0 Å². The topological polar surface area (TPSA) is 75.7 Å². The van der Waals surface area contributed by atoms with Crippen LogP contribution in [0.4, 0.5) is 11.4 Å². The van der Waals surface area contributed by atoms with Crippen molar-refractivity contribution < 1.29 is 17.9 Å². The standard InChI is InChI=1S/C21H28N2O4S/c1-6-17-9-7-8-16(4)21(17)22-20(24)14-23(28(5,25)26)18-10-12-19(13-11-18)27-15(2)3/h7-13,15H,6,14H2,1-5H3,(H,22,24). The zero-order valence-corrected chi connectivity index (χ0v) is 17.8. The van der Waals surface area contributed by atoms with E-state index in [4.69, 9.17) is 4.74 Å². The van der Waals surface area contributed by atoms with E-state index in [-0.39, 0.29) is 12.6 Å². The van der Waals surface area contributed by atoms with Crippen LogP contribution in [0.25, 0.3) is 0 Å². The lowest BCUT2D eigenvalue weighted by atomic mass is 10.1. The second kappa shape index (κ2) is 9.10. The lowest BCUT2D eigenvalue weighted by Gasteiger charge is -2.23. The Hall–Kier alpha value is -2.54. The van der Waals surface area contributed by atoms with Gasteiger partial charge in [-0.1, -0.05) is 25.1 Å². The van der Waals surface area contributed by atoms with Crippen LogP contribution in [-0.4, -0.2) is 33.2 Å². The summed E-state index contributed by atoms with van der Waals surface area (Å²) in [5, 5.41) is 2.87. The van der Waals surface area contributed by atoms with Crippen molar-refractivity contribution in [3.8, 4) is 5.75 Å². The molecule has 152 valence electrons. The molecule has 2 aromatic carbocycles. The Kier molecular flexibility index (Phi) is 7.07. The van der Waals surface area contributed by atoms with Crippen molar-refractivity contribution in [2.45, 2.75) is 40.2 Å². The number of para-hydroxylation sites is 1. The van der Waals surface area contributed by atoms with Crippen LogP contribution in [0.1, 0.15) is 31.9 Å². The highest BCUT2D eigenvalue weighted by Crippen LogP contribution is 2.24. The Balaban J connectivity index is 2.23. The smallest absolute Gasteiger partial charge is 0.245 e. The van der Waals surface area contributed by atoms with Crippen molar-refractivity contribution in [1.29, 1.82) is 0 Å². The molecular weight excluding hydrogens is 376 g/mol. The van der Waals surface area contributed by atoms with Crippen molar-refractivity contribution in [1.82, 2.24) is 0 Å². The Morgan fingerprint density at radius 3 is 2.32 bits per heavy atom. The number of hydrogen-bond acceptors (Lipinski definition) is 4. The molecule has 0 unspecified atom stereocenters. The average molecular weight is 405 g/mol. The second-order valence-electron chi connectivity index (χ2n) is 6.94. The van der Waals surface area contributed by atoms with Crippen molar-refractivity contribution in [2.24, 2.45) is 0 Å². The van der Waals surface area contributed by atoms with Gasteiger partial charge < -0.3 is 10.1 Å². The van der Waals surface area contributed by atoms with Gasteiger partial charge in [0.15, 0.2) is 0 Å². The van der Waals surface area contributed by atoms with E-state index in [0.29, 0.717) is 11.4 Å². The van der Waals surface area contributed by atoms with Crippen LogP contribution in [-0.2, 0) is 21.2 Å². The van der Waals surface area contributed by atoms with E-state index in [2.05, 4.69) is 5.32 Å². The van der Waals surface area contributed by atoms with Gasteiger partial charge >= 0.3 is 0 Å². The first-order valence-corrected chi connectivity index (χ1v) is 11.1. The van der Waals surface area contributed by atoms with Crippen molar-refractivity contribution in [2.75, 3.05) is 22.4 Å². The Bertz CT molecular complexity index is 922. The molecule has 2 rings (SSSR count). The van der Waals surface area contributed by atoms with Gasteiger partial charge in [0.25, 0.3) is 0 Å². The van der Waals surface area contributed by atoms with Gasteiger partial charge in [-0.25, -0.2) is 8.42 Å². The van der Waals surface area contributed by atoms with Gasteiger partial charge in [0.1, 0.15) is 12.3 Å². The zero-order chi connectivity index (χ0) is 20.9. The highest BCUT2D eigenvalue weighted by atomic mass is 32.2. The molecule has 0 aromatic heterocycles. The number of rotatable bonds is 8. The molecule has 7 heteroatoms. The lowest BCUT2D eigenvalue weighted by molar-refractivity contribution is -0.114. The van der Waals surface area contributed by atoms with Crippen molar-refractivity contribution >= 4 is 27.3 Å². The maximum atomic E-state index is 12.6. The number of ether oxygens (including phenoxy) is 1. The van der Waals surface area contributed by atoms with Crippen LogP contribution in [0, 0.1) is 6.92 Å². The van der Waals surface area contributed by atoms with Crippen LogP contribution >= 0.6 is 0 Å². The number of carbonyl (C=O) groups excluding carboxylic acids is 1. The maximum Gasteiger partial charge on any atom is 0.245 e. The van der Waals surface area contributed by atoms with Crippen LogP contribution in [0.3, 0.4) is 0 Å². The highest BCUT2D eigenvalue weighted by Gasteiger charge is 2.21. The van der Waals surface area contributed by atoms with Gasteiger partial charge in [0.05, 0.1) is 18.0 Å². The Morgan fingerprint density at radius 1 is 1.14 bits per heavy atom. The van der Waals surface area contributed by atoms with Gasteiger partial charge in [-0.2, -0.15) is 0 Å².